The molecule has 0 spiro atoms. The average Bonchev–Trinajstić information content (AvgIpc) is 2.36. The Morgan fingerprint density at radius 2 is 1.73 bits per heavy atom. The number of sulfonamides is 1. The fourth-order valence-electron chi connectivity index (χ4n) is 3.33. The van der Waals surface area contributed by atoms with Gasteiger partial charge in [-0.15, -0.1) is 0 Å². The lowest BCUT2D eigenvalue weighted by atomic mass is 9.95. The number of benzene rings is 1. The van der Waals surface area contributed by atoms with E-state index in [0.717, 1.165) is 16.7 Å². The third-order valence-corrected chi connectivity index (χ3v) is 6.68. The summed E-state index contributed by atoms with van der Waals surface area (Å²) in [5, 5.41) is 0. The van der Waals surface area contributed by atoms with Crippen LogP contribution in [0.25, 0.3) is 0 Å². The molecule has 1 fully saturated rings. The van der Waals surface area contributed by atoms with Crippen LogP contribution >= 0.6 is 0 Å². The van der Waals surface area contributed by atoms with Crippen molar-refractivity contribution < 1.29 is 13.2 Å². The van der Waals surface area contributed by atoms with Crippen LogP contribution in [-0.4, -0.2) is 31.2 Å². The first-order valence-corrected chi connectivity index (χ1v) is 8.97. The second-order valence-electron chi connectivity index (χ2n) is 6.33. The van der Waals surface area contributed by atoms with Crippen LogP contribution in [0.1, 0.15) is 36.5 Å². The maximum atomic E-state index is 13.1. The van der Waals surface area contributed by atoms with Crippen molar-refractivity contribution in [2.45, 2.75) is 51.5 Å². The molecule has 1 amide bonds. The van der Waals surface area contributed by atoms with E-state index < -0.39 is 21.8 Å². The molecule has 0 aliphatic carbocycles. The SMILES string of the molecule is Cc1cc(C)c(S(=O)(=O)N2CC(C(N)=O)CCC2C)c(C)c1. The predicted molar refractivity (Wildman–Crippen MR) is 85.9 cm³/mol. The summed E-state index contributed by atoms with van der Waals surface area (Å²) in [6.45, 7) is 7.63. The Bertz CT molecular complexity index is 674. The van der Waals surface area contributed by atoms with Gasteiger partial charge in [-0.3, -0.25) is 4.79 Å². The van der Waals surface area contributed by atoms with Gasteiger partial charge in [0.2, 0.25) is 15.9 Å². The summed E-state index contributed by atoms with van der Waals surface area (Å²) < 4.78 is 27.6. The lowest BCUT2D eigenvalue weighted by molar-refractivity contribution is -0.123. The van der Waals surface area contributed by atoms with E-state index in [1.807, 2.05) is 39.8 Å². The number of primary amides is 1. The molecule has 2 unspecified atom stereocenters. The first-order valence-electron chi connectivity index (χ1n) is 7.53. The van der Waals surface area contributed by atoms with E-state index in [9.17, 15) is 13.2 Å². The molecule has 22 heavy (non-hydrogen) atoms. The van der Waals surface area contributed by atoms with Gasteiger partial charge >= 0.3 is 0 Å². The van der Waals surface area contributed by atoms with E-state index >= 15 is 0 Å². The Balaban J connectivity index is 2.47. The highest BCUT2D eigenvalue weighted by Gasteiger charge is 2.37. The van der Waals surface area contributed by atoms with Gasteiger partial charge in [0.15, 0.2) is 0 Å². The molecule has 5 nitrogen and oxygen atoms in total. The molecular weight excluding hydrogens is 300 g/mol. The molecule has 2 N–H and O–H groups in total. The minimum Gasteiger partial charge on any atom is -0.369 e. The van der Waals surface area contributed by atoms with Crippen molar-refractivity contribution in [3.8, 4) is 0 Å². The molecule has 1 heterocycles. The van der Waals surface area contributed by atoms with Gasteiger partial charge in [-0.25, -0.2) is 8.42 Å². The van der Waals surface area contributed by atoms with E-state index in [-0.39, 0.29) is 12.6 Å². The Morgan fingerprint density at radius 3 is 2.23 bits per heavy atom. The van der Waals surface area contributed by atoms with Crippen molar-refractivity contribution in [3.05, 3.63) is 28.8 Å². The van der Waals surface area contributed by atoms with E-state index in [0.29, 0.717) is 17.7 Å². The molecule has 2 atom stereocenters. The number of hydrogen-bond donors (Lipinski definition) is 1. The summed E-state index contributed by atoms with van der Waals surface area (Å²) in [5.74, 6) is -0.832. The average molecular weight is 324 g/mol. The summed E-state index contributed by atoms with van der Waals surface area (Å²) in [5.41, 5.74) is 7.90. The molecular formula is C16H24N2O3S. The number of nitrogens with zero attached hydrogens (tertiary/aromatic N) is 1. The highest BCUT2D eigenvalue weighted by Crippen LogP contribution is 2.31. The maximum absolute atomic E-state index is 13.1. The van der Waals surface area contributed by atoms with E-state index in [2.05, 4.69) is 0 Å². The van der Waals surface area contributed by atoms with E-state index in [1.54, 1.807) is 0 Å². The maximum Gasteiger partial charge on any atom is 0.243 e. The standard InChI is InChI=1S/C16H24N2O3S/c1-10-7-11(2)15(12(3)8-10)22(20,21)18-9-14(16(17)19)6-5-13(18)4/h7-8,13-14H,5-6,9H2,1-4H3,(H2,17,19). The van der Waals surface area contributed by atoms with Crippen LogP contribution in [-0.2, 0) is 14.8 Å². The predicted octanol–water partition coefficient (Wildman–Crippen LogP) is 1.89. The molecule has 1 aromatic carbocycles. The Labute approximate surface area is 132 Å². The van der Waals surface area contributed by atoms with Gasteiger partial charge in [-0.05, 0) is 51.7 Å². The number of carbonyl (C=O) groups excluding carboxylic acids is 1. The summed E-state index contributed by atoms with van der Waals surface area (Å²) >= 11 is 0. The molecule has 1 aliphatic rings. The van der Waals surface area contributed by atoms with Crippen LogP contribution < -0.4 is 5.73 Å². The molecule has 6 heteroatoms. The van der Waals surface area contributed by atoms with Crippen LogP contribution in [0, 0.1) is 26.7 Å². The molecule has 0 saturated carbocycles. The fourth-order valence-corrected chi connectivity index (χ4v) is 5.45. The van der Waals surface area contributed by atoms with Gasteiger partial charge in [0.25, 0.3) is 0 Å². The Kier molecular flexibility index (Phi) is 4.63. The van der Waals surface area contributed by atoms with Crippen LogP contribution in [0.2, 0.25) is 0 Å². The first kappa shape index (κ1) is 17.0. The zero-order valence-electron chi connectivity index (χ0n) is 13.6. The number of carbonyl (C=O) groups is 1. The summed E-state index contributed by atoms with van der Waals surface area (Å²) in [6, 6.07) is 3.63. The van der Waals surface area contributed by atoms with E-state index in [4.69, 9.17) is 5.73 Å². The number of nitrogens with two attached hydrogens (primary N) is 1. The fraction of sp³-hybridized carbons (Fsp3) is 0.562. The van der Waals surface area contributed by atoms with Gasteiger partial charge in [0.1, 0.15) is 0 Å². The van der Waals surface area contributed by atoms with Crippen molar-refractivity contribution in [1.29, 1.82) is 0 Å². The third-order valence-electron chi connectivity index (χ3n) is 4.40. The number of amides is 1. The number of aryl methyl sites for hydroxylation is 3. The summed E-state index contributed by atoms with van der Waals surface area (Å²) in [7, 11) is -3.63. The second-order valence-corrected chi connectivity index (χ2v) is 8.16. The van der Waals surface area contributed by atoms with Gasteiger partial charge in [0, 0.05) is 12.6 Å². The van der Waals surface area contributed by atoms with Gasteiger partial charge in [0.05, 0.1) is 10.8 Å². The zero-order chi connectivity index (χ0) is 16.7. The van der Waals surface area contributed by atoms with Crippen molar-refractivity contribution >= 4 is 15.9 Å². The first-order chi connectivity index (χ1) is 10.1. The number of rotatable bonds is 3. The number of piperidine rings is 1. The van der Waals surface area contributed by atoms with Crippen molar-refractivity contribution in [2.75, 3.05) is 6.54 Å². The van der Waals surface area contributed by atoms with Crippen molar-refractivity contribution in [2.24, 2.45) is 11.7 Å². The smallest absolute Gasteiger partial charge is 0.243 e. The van der Waals surface area contributed by atoms with Crippen LogP contribution in [0.3, 0.4) is 0 Å². The minimum absolute atomic E-state index is 0.124. The molecule has 1 aromatic rings. The normalized spacial score (nSPS) is 23.5. The summed E-state index contributed by atoms with van der Waals surface area (Å²) in [6.07, 6.45) is 1.30. The largest absolute Gasteiger partial charge is 0.369 e. The third kappa shape index (κ3) is 3.03. The zero-order valence-corrected chi connectivity index (χ0v) is 14.4. The van der Waals surface area contributed by atoms with Crippen LogP contribution in [0.4, 0.5) is 0 Å². The molecule has 122 valence electrons. The topological polar surface area (TPSA) is 80.5 Å². The molecule has 0 radical (unpaired) electrons. The molecule has 1 saturated heterocycles. The van der Waals surface area contributed by atoms with Crippen LogP contribution in [0.15, 0.2) is 17.0 Å². The van der Waals surface area contributed by atoms with Gasteiger partial charge < -0.3 is 5.73 Å². The lowest BCUT2D eigenvalue weighted by Gasteiger charge is -2.36. The monoisotopic (exact) mass is 324 g/mol. The molecule has 2 rings (SSSR count). The van der Waals surface area contributed by atoms with Gasteiger partial charge in [-0.1, -0.05) is 17.7 Å². The quantitative estimate of drug-likeness (QED) is 0.922. The lowest BCUT2D eigenvalue weighted by Crippen LogP contribution is -2.48. The van der Waals surface area contributed by atoms with Crippen molar-refractivity contribution in [3.63, 3.8) is 0 Å². The Morgan fingerprint density at radius 1 is 1.18 bits per heavy atom. The van der Waals surface area contributed by atoms with Crippen molar-refractivity contribution in [1.82, 2.24) is 4.31 Å². The summed E-state index contributed by atoms with van der Waals surface area (Å²) in [4.78, 5) is 11.8. The van der Waals surface area contributed by atoms with E-state index in [1.165, 1.54) is 4.31 Å². The highest BCUT2D eigenvalue weighted by molar-refractivity contribution is 7.89. The Hall–Kier alpha value is -1.40. The minimum atomic E-state index is -3.63. The molecule has 1 aliphatic heterocycles. The van der Waals surface area contributed by atoms with Crippen LogP contribution in [0.5, 0.6) is 0 Å². The second kappa shape index (κ2) is 6.01. The number of hydrogen-bond acceptors (Lipinski definition) is 3. The molecule has 0 bridgehead atoms. The highest BCUT2D eigenvalue weighted by atomic mass is 32.2. The molecule has 0 aromatic heterocycles. The van der Waals surface area contributed by atoms with Gasteiger partial charge in [-0.2, -0.15) is 4.31 Å².